The lowest BCUT2D eigenvalue weighted by molar-refractivity contribution is -0.0615. The Morgan fingerprint density at radius 3 is 2.75 bits per heavy atom. The van der Waals surface area contributed by atoms with Gasteiger partial charge < -0.3 is 14.2 Å². The molecular formula is C19H28N2O3. The zero-order valence-corrected chi connectivity index (χ0v) is 14.5. The van der Waals surface area contributed by atoms with Crippen molar-refractivity contribution in [3.05, 3.63) is 29.8 Å². The molecule has 1 aromatic rings. The van der Waals surface area contributed by atoms with Crippen LogP contribution in [0.5, 0.6) is 5.75 Å². The lowest BCUT2D eigenvalue weighted by Crippen LogP contribution is -2.52. The Bertz CT molecular complexity index is 530. The maximum atomic E-state index is 6.06. The van der Waals surface area contributed by atoms with Crippen molar-refractivity contribution in [3.8, 4) is 5.75 Å². The van der Waals surface area contributed by atoms with Crippen molar-refractivity contribution < 1.29 is 14.2 Å². The van der Waals surface area contributed by atoms with Gasteiger partial charge in [-0.15, -0.1) is 0 Å². The van der Waals surface area contributed by atoms with Crippen LogP contribution in [0.4, 0.5) is 0 Å². The lowest BCUT2D eigenvalue weighted by Gasteiger charge is -2.38. The number of benzene rings is 1. The molecule has 5 heteroatoms. The Labute approximate surface area is 144 Å². The summed E-state index contributed by atoms with van der Waals surface area (Å²) in [5.74, 6) is 0.917. The molecule has 0 aliphatic carbocycles. The normalized spacial score (nSPS) is 31.3. The zero-order chi connectivity index (χ0) is 16.4. The predicted molar refractivity (Wildman–Crippen MR) is 92.3 cm³/mol. The van der Waals surface area contributed by atoms with Crippen LogP contribution < -0.4 is 4.74 Å². The molecule has 1 aromatic carbocycles. The molecule has 0 spiro atoms. The quantitative estimate of drug-likeness (QED) is 0.821. The van der Waals surface area contributed by atoms with Crippen LogP contribution >= 0.6 is 0 Å². The minimum Gasteiger partial charge on any atom is -0.497 e. The summed E-state index contributed by atoms with van der Waals surface area (Å²) in [5.41, 5.74) is 1.33. The largest absolute Gasteiger partial charge is 0.497 e. The summed E-state index contributed by atoms with van der Waals surface area (Å²) < 4.78 is 17.1. The van der Waals surface area contributed by atoms with Crippen LogP contribution in [0.25, 0.3) is 0 Å². The molecule has 0 unspecified atom stereocenters. The van der Waals surface area contributed by atoms with Crippen LogP contribution in [0.1, 0.15) is 18.4 Å². The van der Waals surface area contributed by atoms with Crippen LogP contribution in [0.3, 0.4) is 0 Å². The van der Waals surface area contributed by atoms with E-state index in [1.54, 1.807) is 7.11 Å². The van der Waals surface area contributed by atoms with E-state index >= 15 is 0 Å². The van der Waals surface area contributed by atoms with Crippen LogP contribution in [-0.4, -0.2) is 74.6 Å². The molecule has 3 aliphatic heterocycles. The molecule has 3 fully saturated rings. The summed E-state index contributed by atoms with van der Waals surface area (Å²) in [5, 5.41) is 0. The molecule has 0 saturated carbocycles. The molecule has 24 heavy (non-hydrogen) atoms. The van der Waals surface area contributed by atoms with Crippen molar-refractivity contribution in [2.45, 2.75) is 37.6 Å². The van der Waals surface area contributed by atoms with E-state index in [1.165, 1.54) is 18.4 Å². The minimum absolute atomic E-state index is 0.346. The molecule has 0 N–H and O–H groups in total. The summed E-state index contributed by atoms with van der Waals surface area (Å²) in [6, 6.07) is 8.91. The van der Waals surface area contributed by atoms with Crippen molar-refractivity contribution in [1.82, 2.24) is 9.80 Å². The molecular weight excluding hydrogens is 304 g/mol. The van der Waals surface area contributed by atoms with E-state index in [9.17, 15) is 0 Å². The molecule has 5 nitrogen and oxygen atoms in total. The first-order valence-corrected chi connectivity index (χ1v) is 9.14. The van der Waals surface area contributed by atoms with Crippen molar-refractivity contribution in [1.29, 1.82) is 0 Å². The second-order valence-corrected chi connectivity index (χ2v) is 7.15. The predicted octanol–water partition coefficient (Wildman–Crippen LogP) is 1.76. The Morgan fingerprint density at radius 2 is 2.00 bits per heavy atom. The average molecular weight is 332 g/mol. The molecule has 4 rings (SSSR count). The second kappa shape index (κ2) is 7.40. The number of likely N-dealkylation sites (tertiary alicyclic amines) is 1. The van der Waals surface area contributed by atoms with Crippen molar-refractivity contribution in [2.75, 3.05) is 46.5 Å². The maximum Gasteiger partial charge on any atom is 0.118 e. The summed E-state index contributed by atoms with van der Waals surface area (Å²) in [4.78, 5) is 5.13. The lowest BCUT2D eigenvalue weighted by atomic mass is 10.1. The Morgan fingerprint density at radius 1 is 1.12 bits per heavy atom. The van der Waals surface area contributed by atoms with Crippen LogP contribution in [-0.2, 0) is 16.0 Å². The van der Waals surface area contributed by atoms with E-state index in [-0.39, 0.29) is 0 Å². The zero-order valence-electron chi connectivity index (χ0n) is 14.5. The number of rotatable bonds is 5. The molecule has 132 valence electrons. The van der Waals surface area contributed by atoms with Gasteiger partial charge in [-0.25, -0.2) is 0 Å². The van der Waals surface area contributed by atoms with Gasteiger partial charge in [-0.05, 0) is 30.5 Å². The van der Waals surface area contributed by atoms with Gasteiger partial charge in [0.1, 0.15) is 5.75 Å². The fourth-order valence-electron chi connectivity index (χ4n) is 4.23. The van der Waals surface area contributed by atoms with E-state index in [4.69, 9.17) is 14.2 Å². The van der Waals surface area contributed by atoms with Gasteiger partial charge in [-0.1, -0.05) is 12.1 Å². The van der Waals surface area contributed by atoms with E-state index in [2.05, 4.69) is 21.9 Å². The first kappa shape index (κ1) is 16.3. The molecule has 3 saturated heterocycles. The van der Waals surface area contributed by atoms with Gasteiger partial charge in [-0.2, -0.15) is 0 Å². The van der Waals surface area contributed by atoms with E-state index < -0.39 is 0 Å². The fraction of sp³-hybridized carbons (Fsp3) is 0.684. The fourth-order valence-corrected chi connectivity index (χ4v) is 4.23. The Hall–Kier alpha value is -1.14. The number of morpholine rings is 1. The van der Waals surface area contributed by atoms with E-state index in [1.807, 2.05) is 12.1 Å². The highest BCUT2D eigenvalue weighted by Gasteiger charge is 2.40. The Balaban J connectivity index is 1.35. The first-order chi connectivity index (χ1) is 11.8. The average Bonchev–Trinajstić information content (AvgIpc) is 3.25. The Kier molecular flexibility index (Phi) is 5.03. The summed E-state index contributed by atoms with van der Waals surface area (Å²) in [6.45, 7) is 6.99. The molecule has 3 atom stereocenters. The van der Waals surface area contributed by atoms with E-state index in [0.717, 1.165) is 51.7 Å². The van der Waals surface area contributed by atoms with Gasteiger partial charge in [0.25, 0.3) is 0 Å². The molecule has 0 aromatic heterocycles. The highest BCUT2D eigenvalue weighted by atomic mass is 16.5. The van der Waals surface area contributed by atoms with Gasteiger partial charge in [0, 0.05) is 45.4 Å². The van der Waals surface area contributed by atoms with Crippen molar-refractivity contribution in [2.24, 2.45) is 0 Å². The van der Waals surface area contributed by atoms with Crippen molar-refractivity contribution >= 4 is 0 Å². The second-order valence-electron chi connectivity index (χ2n) is 7.15. The molecule has 0 amide bonds. The van der Waals surface area contributed by atoms with Crippen LogP contribution in [0, 0.1) is 0 Å². The minimum atomic E-state index is 0.346. The third kappa shape index (κ3) is 3.59. The SMILES string of the molecule is COc1ccc(CN2C[C@@H]3OCCN(C[C@H]4CCCO4)[C@@H]3C2)cc1. The number of fused-ring (bicyclic) bond motifs is 1. The monoisotopic (exact) mass is 332 g/mol. The van der Waals surface area contributed by atoms with Crippen molar-refractivity contribution in [3.63, 3.8) is 0 Å². The van der Waals surface area contributed by atoms with Gasteiger partial charge in [-0.3, -0.25) is 9.80 Å². The summed E-state index contributed by atoms with van der Waals surface area (Å²) in [7, 11) is 1.71. The van der Waals surface area contributed by atoms with Crippen LogP contribution in [0.2, 0.25) is 0 Å². The maximum absolute atomic E-state index is 6.06. The van der Waals surface area contributed by atoms with Gasteiger partial charge >= 0.3 is 0 Å². The first-order valence-electron chi connectivity index (χ1n) is 9.14. The number of methoxy groups -OCH3 is 1. The highest BCUT2D eigenvalue weighted by molar-refractivity contribution is 5.27. The van der Waals surface area contributed by atoms with Crippen LogP contribution in [0.15, 0.2) is 24.3 Å². The molecule has 0 bridgehead atoms. The standard InChI is InChI=1S/C19H28N2O3/c1-22-16-6-4-15(5-7-16)11-20-13-18-19(14-20)24-10-8-21(18)12-17-3-2-9-23-17/h4-7,17-19H,2-3,8-14H2,1H3/t17-,18-,19+/m1/s1. The third-order valence-corrected chi connectivity index (χ3v) is 5.52. The number of hydrogen-bond acceptors (Lipinski definition) is 5. The van der Waals surface area contributed by atoms with Gasteiger partial charge in [0.15, 0.2) is 0 Å². The third-order valence-electron chi connectivity index (χ3n) is 5.52. The molecule has 3 heterocycles. The smallest absolute Gasteiger partial charge is 0.118 e. The molecule has 3 aliphatic rings. The van der Waals surface area contributed by atoms with E-state index in [0.29, 0.717) is 18.2 Å². The number of nitrogens with zero attached hydrogens (tertiary/aromatic N) is 2. The van der Waals surface area contributed by atoms with Gasteiger partial charge in [0.05, 0.1) is 25.9 Å². The summed E-state index contributed by atoms with van der Waals surface area (Å²) >= 11 is 0. The number of ether oxygens (including phenoxy) is 3. The number of hydrogen-bond donors (Lipinski definition) is 0. The summed E-state index contributed by atoms with van der Waals surface area (Å²) in [6.07, 6.45) is 3.20. The topological polar surface area (TPSA) is 34.2 Å². The highest BCUT2D eigenvalue weighted by Crippen LogP contribution is 2.26. The van der Waals surface area contributed by atoms with Gasteiger partial charge in [0.2, 0.25) is 0 Å². The molecule has 0 radical (unpaired) electrons.